The van der Waals surface area contributed by atoms with E-state index in [0.29, 0.717) is 18.0 Å². The van der Waals surface area contributed by atoms with Gasteiger partial charge in [0.15, 0.2) is 0 Å². The molecule has 0 bridgehead atoms. The Hall–Kier alpha value is -1.35. The summed E-state index contributed by atoms with van der Waals surface area (Å²) in [6.07, 6.45) is 6.20. The highest BCUT2D eigenvalue weighted by atomic mass is 15.1. The smallest absolute Gasteiger partial charge is 0.114 e. The van der Waals surface area contributed by atoms with Crippen molar-refractivity contribution in [2.45, 2.75) is 57.0 Å². The van der Waals surface area contributed by atoms with Crippen LogP contribution in [0.15, 0.2) is 18.2 Å². The summed E-state index contributed by atoms with van der Waals surface area (Å²) in [6.45, 7) is 2.14. The summed E-state index contributed by atoms with van der Waals surface area (Å²) in [5, 5.41) is 0. The van der Waals surface area contributed by atoms with Gasteiger partial charge in [0.05, 0.1) is 11.0 Å². The Kier molecular flexibility index (Phi) is 2.46. The molecule has 4 rings (SSSR count). The number of hydrogen-bond donors (Lipinski definition) is 1. The number of hydrogen-bond acceptors (Lipinski definition) is 2. The lowest BCUT2D eigenvalue weighted by Gasteiger charge is -2.17. The molecule has 0 saturated heterocycles. The van der Waals surface area contributed by atoms with Crippen LogP contribution in [0.4, 0.5) is 0 Å². The van der Waals surface area contributed by atoms with Crippen LogP contribution >= 0.6 is 0 Å². The summed E-state index contributed by atoms with van der Waals surface area (Å²) in [7, 11) is 0. The SMILES string of the molecule is Cc1ccc2c(c1)nc(C1CCCC1N)n2C1CC1. The first-order valence-corrected chi connectivity index (χ1v) is 7.48. The van der Waals surface area contributed by atoms with Crippen LogP contribution in [0.5, 0.6) is 0 Å². The number of fused-ring (bicyclic) bond motifs is 1. The van der Waals surface area contributed by atoms with Crippen LogP contribution < -0.4 is 5.73 Å². The average Bonchev–Trinajstić information content (AvgIpc) is 3.03. The van der Waals surface area contributed by atoms with Gasteiger partial charge in [0.1, 0.15) is 5.82 Å². The molecular formula is C16H21N3. The molecule has 2 N–H and O–H groups in total. The van der Waals surface area contributed by atoms with Gasteiger partial charge < -0.3 is 10.3 Å². The second-order valence-corrected chi connectivity index (χ2v) is 6.26. The maximum atomic E-state index is 6.30. The monoisotopic (exact) mass is 255 g/mol. The summed E-state index contributed by atoms with van der Waals surface area (Å²) in [6, 6.07) is 7.62. The summed E-state index contributed by atoms with van der Waals surface area (Å²) < 4.78 is 2.49. The van der Waals surface area contributed by atoms with Crippen molar-refractivity contribution in [2.75, 3.05) is 0 Å². The van der Waals surface area contributed by atoms with Gasteiger partial charge in [-0.3, -0.25) is 0 Å². The number of benzene rings is 1. The van der Waals surface area contributed by atoms with Crippen molar-refractivity contribution in [2.24, 2.45) is 5.73 Å². The molecule has 3 nitrogen and oxygen atoms in total. The molecule has 0 radical (unpaired) electrons. The van der Waals surface area contributed by atoms with Crippen molar-refractivity contribution < 1.29 is 0 Å². The van der Waals surface area contributed by atoms with Crippen LogP contribution in [-0.4, -0.2) is 15.6 Å². The molecule has 1 aromatic heterocycles. The Morgan fingerprint density at radius 1 is 1.21 bits per heavy atom. The van der Waals surface area contributed by atoms with Gasteiger partial charge in [-0.2, -0.15) is 0 Å². The minimum atomic E-state index is 0.301. The second kappa shape index (κ2) is 4.07. The molecule has 3 heteroatoms. The van der Waals surface area contributed by atoms with Gasteiger partial charge in [-0.1, -0.05) is 12.5 Å². The zero-order valence-electron chi connectivity index (χ0n) is 11.5. The first kappa shape index (κ1) is 11.5. The van der Waals surface area contributed by atoms with Crippen LogP contribution in [0.1, 0.15) is 55.5 Å². The molecule has 2 aliphatic carbocycles. The van der Waals surface area contributed by atoms with Crippen molar-refractivity contribution >= 4 is 11.0 Å². The van der Waals surface area contributed by atoms with E-state index < -0.39 is 0 Å². The fourth-order valence-electron chi connectivity index (χ4n) is 3.51. The standard InChI is InChI=1S/C16H21N3/c1-10-5-8-15-14(9-10)18-16(19(15)11-6-7-11)12-3-2-4-13(12)17/h5,8-9,11-13H,2-4,6-7,17H2,1H3. The van der Waals surface area contributed by atoms with E-state index in [2.05, 4.69) is 29.7 Å². The third kappa shape index (κ3) is 1.79. The molecule has 1 aromatic carbocycles. The molecule has 100 valence electrons. The summed E-state index contributed by atoms with van der Waals surface area (Å²) in [4.78, 5) is 4.95. The summed E-state index contributed by atoms with van der Waals surface area (Å²) in [5.74, 6) is 1.72. The maximum Gasteiger partial charge on any atom is 0.114 e. The number of rotatable bonds is 2. The van der Waals surface area contributed by atoms with Gasteiger partial charge in [-0.15, -0.1) is 0 Å². The van der Waals surface area contributed by atoms with Gasteiger partial charge in [0.2, 0.25) is 0 Å². The van der Waals surface area contributed by atoms with Crippen LogP contribution in [0, 0.1) is 6.92 Å². The molecule has 0 aliphatic heterocycles. The summed E-state index contributed by atoms with van der Waals surface area (Å²) in [5.41, 5.74) is 10.0. The minimum absolute atomic E-state index is 0.301. The third-order valence-electron chi connectivity index (χ3n) is 4.69. The first-order valence-electron chi connectivity index (χ1n) is 7.48. The lowest BCUT2D eigenvalue weighted by molar-refractivity contribution is 0.546. The number of nitrogens with zero attached hydrogens (tertiary/aromatic N) is 2. The molecule has 19 heavy (non-hydrogen) atoms. The second-order valence-electron chi connectivity index (χ2n) is 6.26. The molecule has 2 aromatic rings. The van der Waals surface area contributed by atoms with E-state index >= 15 is 0 Å². The van der Waals surface area contributed by atoms with Crippen LogP contribution in [0.25, 0.3) is 11.0 Å². The fourth-order valence-corrected chi connectivity index (χ4v) is 3.51. The molecule has 2 aliphatic rings. The average molecular weight is 255 g/mol. The van der Waals surface area contributed by atoms with E-state index in [1.807, 2.05) is 0 Å². The zero-order chi connectivity index (χ0) is 13.0. The molecule has 2 unspecified atom stereocenters. The molecule has 1 heterocycles. The van der Waals surface area contributed by atoms with E-state index in [9.17, 15) is 0 Å². The van der Waals surface area contributed by atoms with E-state index in [0.717, 1.165) is 11.9 Å². The highest BCUT2D eigenvalue weighted by Crippen LogP contribution is 2.43. The number of aryl methyl sites for hydroxylation is 1. The molecule has 2 atom stereocenters. The van der Waals surface area contributed by atoms with Crippen molar-refractivity contribution in [3.8, 4) is 0 Å². The maximum absolute atomic E-state index is 6.30. The highest BCUT2D eigenvalue weighted by molar-refractivity contribution is 5.77. The number of nitrogens with two attached hydrogens (primary N) is 1. The van der Waals surface area contributed by atoms with Crippen molar-refractivity contribution in [1.29, 1.82) is 0 Å². The van der Waals surface area contributed by atoms with Gasteiger partial charge in [-0.25, -0.2) is 4.98 Å². The van der Waals surface area contributed by atoms with Crippen molar-refractivity contribution in [3.05, 3.63) is 29.6 Å². The Morgan fingerprint density at radius 3 is 2.74 bits per heavy atom. The van der Waals surface area contributed by atoms with Crippen LogP contribution in [0.3, 0.4) is 0 Å². The fraction of sp³-hybridized carbons (Fsp3) is 0.562. The predicted molar refractivity (Wildman–Crippen MR) is 77.3 cm³/mol. The lowest BCUT2D eigenvalue weighted by atomic mass is 10.0. The van der Waals surface area contributed by atoms with Gasteiger partial charge in [0, 0.05) is 18.0 Å². The van der Waals surface area contributed by atoms with Gasteiger partial charge in [0.25, 0.3) is 0 Å². The number of imidazole rings is 1. The Balaban J connectivity index is 1.91. The van der Waals surface area contributed by atoms with Crippen LogP contribution in [0.2, 0.25) is 0 Å². The predicted octanol–water partition coefficient (Wildman–Crippen LogP) is 3.27. The highest BCUT2D eigenvalue weighted by Gasteiger charge is 2.35. The van der Waals surface area contributed by atoms with E-state index in [4.69, 9.17) is 10.7 Å². The summed E-state index contributed by atoms with van der Waals surface area (Å²) >= 11 is 0. The van der Waals surface area contributed by atoms with Gasteiger partial charge >= 0.3 is 0 Å². The third-order valence-corrected chi connectivity index (χ3v) is 4.69. The van der Waals surface area contributed by atoms with Crippen molar-refractivity contribution in [3.63, 3.8) is 0 Å². The van der Waals surface area contributed by atoms with Crippen LogP contribution in [-0.2, 0) is 0 Å². The largest absolute Gasteiger partial charge is 0.327 e. The van der Waals surface area contributed by atoms with E-state index in [-0.39, 0.29) is 0 Å². The molecule has 2 fully saturated rings. The zero-order valence-corrected chi connectivity index (χ0v) is 11.5. The lowest BCUT2D eigenvalue weighted by Crippen LogP contribution is -2.25. The molecule has 2 saturated carbocycles. The minimum Gasteiger partial charge on any atom is -0.327 e. The van der Waals surface area contributed by atoms with E-state index in [1.165, 1.54) is 42.6 Å². The molecule has 0 amide bonds. The molecular weight excluding hydrogens is 234 g/mol. The quantitative estimate of drug-likeness (QED) is 0.895. The Morgan fingerprint density at radius 2 is 2.05 bits per heavy atom. The Bertz CT molecular complexity index is 624. The van der Waals surface area contributed by atoms with Gasteiger partial charge in [-0.05, 0) is 50.3 Å². The van der Waals surface area contributed by atoms with Crippen molar-refractivity contribution in [1.82, 2.24) is 9.55 Å². The first-order chi connectivity index (χ1) is 9.24. The topological polar surface area (TPSA) is 43.8 Å². The molecule has 0 spiro atoms. The normalized spacial score (nSPS) is 27.3. The Labute approximate surface area is 113 Å². The number of aromatic nitrogens is 2. The van der Waals surface area contributed by atoms with E-state index in [1.54, 1.807) is 0 Å².